The van der Waals surface area contributed by atoms with Crippen LogP contribution in [0.15, 0.2) is 18.2 Å². The van der Waals surface area contributed by atoms with Gasteiger partial charge in [0.15, 0.2) is 0 Å². The molecular formula is C13H21N3O2. The summed E-state index contributed by atoms with van der Waals surface area (Å²) < 4.78 is 0. The summed E-state index contributed by atoms with van der Waals surface area (Å²) in [5.74, 6) is 0. The maximum Gasteiger partial charge on any atom is 0.295 e. The molecule has 100 valence electrons. The minimum atomic E-state index is -0.342. The molecule has 0 aliphatic heterocycles. The second-order valence-corrected chi connectivity index (χ2v) is 4.45. The summed E-state index contributed by atoms with van der Waals surface area (Å²) >= 11 is 0. The van der Waals surface area contributed by atoms with E-state index >= 15 is 0 Å². The maximum atomic E-state index is 11.1. The molecule has 1 aromatic rings. The lowest BCUT2D eigenvalue weighted by atomic mass is 10.1. The van der Waals surface area contributed by atoms with E-state index in [1.807, 2.05) is 6.07 Å². The van der Waals surface area contributed by atoms with E-state index in [1.165, 1.54) is 0 Å². The van der Waals surface area contributed by atoms with Gasteiger partial charge < -0.3 is 11.1 Å². The number of hydrogen-bond acceptors (Lipinski definition) is 4. The third-order valence-corrected chi connectivity index (χ3v) is 2.97. The van der Waals surface area contributed by atoms with Crippen molar-refractivity contribution >= 4 is 11.4 Å². The monoisotopic (exact) mass is 251 g/mol. The van der Waals surface area contributed by atoms with Crippen molar-refractivity contribution in [1.29, 1.82) is 0 Å². The van der Waals surface area contributed by atoms with Crippen molar-refractivity contribution < 1.29 is 4.92 Å². The van der Waals surface area contributed by atoms with Crippen LogP contribution in [0, 0.1) is 17.0 Å². The topological polar surface area (TPSA) is 81.2 Å². The highest BCUT2D eigenvalue weighted by Crippen LogP contribution is 2.28. The number of unbranched alkanes of at least 4 members (excludes halogenated alkanes) is 1. The van der Waals surface area contributed by atoms with Crippen molar-refractivity contribution in [3.05, 3.63) is 33.9 Å². The van der Waals surface area contributed by atoms with E-state index in [1.54, 1.807) is 19.1 Å². The van der Waals surface area contributed by atoms with Gasteiger partial charge in [0.1, 0.15) is 5.69 Å². The third kappa shape index (κ3) is 3.70. The summed E-state index contributed by atoms with van der Waals surface area (Å²) in [5.41, 5.74) is 7.06. The fraction of sp³-hybridized carbons (Fsp3) is 0.538. The van der Waals surface area contributed by atoms with Crippen molar-refractivity contribution in [2.24, 2.45) is 5.73 Å². The predicted molar refractivity (Wildman–Crippen MR) is 73.8 cm³/mol. The zero-order valence-corrected chi connectivity index (χ0v) is 11.0. The molecular weight excluding hydrogens is 230 g/mol. The highest BCUT2D eigenvalue weighted by atomic mass is 16.6. The molecule has 1 aromatic carbocycles. The number of hydrogen-bond donors (Lipinski definition) is 2. The van der Waals surface area contributed by atoms with Crippen LogP contribution in [0.25, 0.3) is 0 Å². The van der Waals surface area contributed by atoms with Crippen LogP contribution in [0.3, 0.4) is 0 Å². The number of para-hydroxylation sites is 1. The fourth-order valence-electron chi connectivity index (χ4n) is 1.94. The quantitative estimate of drug-likeness (QED) is 0.576. The van der Waals surface area contributed by atoms with Gasteiger partial charge in [0.25, 0.3) is 5.69 Å². The van der Waals surface area contributed by atoms with Gasteiger partial charge in [-0.1, -0.05) is 31.9 Å². The molecule has 0 spiro atoms. The van der Waals surface area contributed by atoms with Crippen LogP contribution in [0.5, 0.6) is 0 Å². The highest BCUT2D eigenvalue weighted by molar-refractivity contribution is 5.65. The average molecular weight is 251 g/mol. The Kier molecular flexibility index (Phi) is 5.58. The van der Waals surface area contributed by atoms with Crippen molar-refractivity contribution in [3.8, 4) is 0 Å². The first-order chi connectivity index (χ1) is 8.60. The first-order valence-corrected chi connectivity index (χ1v) is 6.30. The van der Waals surface area contributed by atoms with Crippen molar-refractivity contribution in [1.82, 2.24) is 0 Å². The van der Waals surface area contributed by atoms with Crippen LogP contribution >= 0.6 is 0 Å². The minimum Gasteiger partial charge on any atom is -0.375 e. The molecule has 0 heterocycles. The Morgan fingerprint density at radius 2 is 2.22 bits per heavy atom. The number of nitrogens with two attached hydrogens (primary N) is 1. The summed E-state index contributed by atoms with van der Waals surface area (Å²) in [7, 11) is 0. The number of nitro benzene ring substituents is 1. The molecule has 3 N–H and O–H groups in total. The molecule has 0 radical (unpaired) electrons. The van der Waals surface area contributed by atoms with Gasteiger partial charge in [0.2, 0.25) is 0 Å². The molecule has 5 nitrogen and oxygen atoms in total. The Bertz CT molecular complexity index is 407. The molecule has 0 fully saturated rings. The van der Waals surface area contributed by atoms with Crippen molar-refractivity contribution in [3.63, 3.8) is 0 Å². The largest absolute Gasteiger partial charge is 0.375 e. The lowest BCUT2D eigenvalue weighted by molar-refractivity contribution is -0.384. The molecule has 0 aromatic heterocycles. The van der Waals surface area contributed by atoms with E-state index in [9.17, 15) is 10.1 Å². The predicted octanol–water partition coefficient (Wildman–Crippen LogP) is 2.83. The van der Waals surface area contributed by atoms with Gasteiger partial charge in [-0.3, -0.25) is 10.1 Å². The van der Waals surface area contributed by atoms with E-state index in [0.29, 0.717) is 17.8 Å². The van der Waals surface area contributed by atoms with E-state index in [2.05, 4.69) is 12.2 Å². The van der Waals surface area contributed by atoms with Gasteiger partial charge in [0, 0.05) is 18.2 Å². The molecule has 1 rings (SSSR count). The van der Waals surface area contributed by atoms with Crippen LogP contribution in [0.2, 0.25) is 0 Å². The van der Waals surface area contributed by atoms with Crippen LogP contribution in [0.4, 0.5) is 11.4 Å². The molecule has 0 saturated carbocycles. The van der Waals surface area contributed by atoms with E-state index in [4.69, 9.17) is 5.73 Å². The first-order valence-electron chi connectivity index (χ1n) is 6.30. The molecule has 0 aliphatic carbocycles. The summed E-state index contributed by atoms with van der Waals surface area (Å²) in [5, 5.41) is 14.2. The van der Waals surface area contributed by atoms with Crippen LogP contribution in [-0.2, 0) is 0 Å². The molecule has 0 amide bonds. The Morgan fingerprint density at radius 1 is 1.50 bits per heavy atom. The SMILES string of the molecule is CCCCC(CN)Nc1cccc(C)c1[N+](=O)[O-]. The van der Waals surface area contributed by atoms with Gasteiger partial charge in [0.05, 0.1) is 4.92 Å². The summed E-state index contributed by atoms with van der Waals surface area (Å²) in [6.45, 7) is 4.33. The normalized spacial score (nSPS) is 12.2. The Labute approximate surface area is 108 Å². The van der Waals surface area contributed by atoms with E-state index in [-0.39, 0.29) is 16.7 Å². The van der Waals surface area contributed by atoms with Crippen molar-refractivity contribution in [2.45, 2.75) is 39.2 Å². The second kappa shape index (κ2) is 6.96. The number of benzene rings is 1. The number of nitrogens with one attached hydrogen (secondary N) is 1. The van der Waals surface area contributed by atoms with Gasteiger partial charge in [-0.25, -0.2) is 0 Å². The standard InChI is InChI=1S/C13H21N3O2/c1-3-4-7-11(9-14)15-12-8-5-6-10(2)13(12)16(17)18/h5-6,8,11,15H,3-4,7,9,14H2,1-2H3. The van der Waals surface area contributed by atoms with Crippen LogP contribution in [0.1, 0.15) is 31.7 Å². The summed E-state index contributed by atoms with van der Waals surface area (Å²) in [6, 6.07) is 5.38. The molecule has 5 heteroatoms. The highest BCUT2D eigenvalue weighted by Gasteiger charge is 2.18. The van der Waals surface area contributed by atoms with Crippen LogP contribution < -0.4 is 11.1 Å². The number of anilines is 1. The maximum absolute atomic E-state index is 11.1. The Balaban J connectivity index is 2.88. The molecule has 0 saturated heterocycles. The molecule has 0 bridgehead atoms. The molecule has 18 heavy (non-hydrogen) atoms. The van der Waals surface area contributed by atoms with Crippen LogP contribution in [-0.4, -0.2) is 17.5 Å². The zero-order chi connectivity index (χ0) is 13.5. The number of aryl methyl sites for hydroxylation is 1. The number of nitrogens with zero attached hydrogens (tertiary/aromatic N) is 1. The molecule has 1 unspecified atom stereocenters. The smallest absolute Gasteiger partial charge is 0.295 e. The Hall–Kier alpha value is -1.62. The summed E-state index contributed by atoms with van der Waals surface area (Å²) in [4.78, 5) is 10.7. The third-order valence-electron chi connectivity index (χ3n) is 2.97. The second-order valence-electron chi connectivity index (χ2n) is 4.45. The number of rotatable bonds is 7. The summed E-state index contributed by atoms with van der Waals surface area (Å²) in [6.07, 6.45) is 3.08. The first kappa shape index (κ1) is 14.4. The fourth-order valence-corrected chi connectivity index (χ4v) is 1.94. The van der Waals surface area contributed by atoms with E-state index < -0.39 is 0 Å². The zero-order valence-electron chi connectivity index (χ0n) is 11.0. The lowest BCUT2D eigenvalue weighted by Crippen LogP contribution is -2.29. The Morgan fingerprint density at radius 3 is 2.78 bits per heavy atom. The van der Waals surface area contributed by atoms with Gasteiger partial charge >= 0.3 is 0 Å². The molecule has 0 aliphatic rings. The van der Waals surface area contributed by atoms with Gasteiger partial charge in [-0.05, 0) is 19.4 Å². The van der Waals surface area contributed by atoms with E-state index in [0.717, 1.165) is 19.3 Å². The molecule has 1 atom stereocenters. The minimum absolute atomic E-state index is 0.0884. The van der Waals surface area contributed by atoms with Crippen molar-refractivity contribution in [2.75, 3.05) is 11.9 Å². The lowest BCUT2D eigenvalue weighted by Gasteiger charge is -2.18. The van der Waals surface area contributed by atoms with Gasteiger partial charge in [-0.2, -0.15) is 0 Å². The van der Waals surface area contributed by atoms with Gasteiger partial charge in [-0.15, -0.1) is 0 Å². The number of nitro groups is 1. The average Bonchev–Trinajstić information content (AvgIpc) is 2.33.